The van der Waals surface area contributed by atoms with E-state index in [4.69, 9.17) is 0 Å². The molecule has 0 radical (unpaired) electrons. The van der Waals surface area contributed by atoms with Gasteiger partial charge in [0.15, 0.2) is 0 Å². The van der Waals surface area contributed by atoms with Crippen LogP contribution in [0.1, 0.15) is 38.8 Å². The van der Waals surface area contributed by atoms with Crippen molar-refractivity contribution in [1.82, 2.24) is 9.62 Å². The number of nitrogens with one attached hydrogen (secondary N) is 1. The van der Waals surface area contributed by atoms with Gasteiger partial charge in [-0.1, -0.05) is 39.8 Å². The molecule has 118 valence electrons. The number of benzene rings is 1. The highest BCUT2D eigenvalue weighted by atomic mass is 32.2. The molecular formula is C16H26N2O2S. The number of rotatable bonds is 4. The number of hydrogen-bond acceptors (Lipinski definition) is 3. The van der Waals surface area contributed by atoms with E-state index in [0.717, 1.165) is 24.2 Å². The molecule has 5 heteroatoms. The smallest absolute Gasteiger partial charge is 0.243 e. The zero-order valence-corrected chi connectivity index (χ0v) is 14.4. The van der Waals surface area contributed by atoms with E-state index >= 15 is 0 Å². The van der Waals surface area contributed by atoms with Crippen molar-refractivity contribution in [2.75, 3.05) is 19.6 Å². The van der Waals surface area contributed by atoms with Crippen molar-refractivity contribution < 1.29 is 8.42 Å². The monoisotopic (exact) mass is 310 g/mol. The molecule has 1 aliphatic heterocycles. The molecule has 0 unspecified atom stereocenters. The molecule has 0 spiro atoms. The Kier molecular flexibility index (Phi) is 4.47. The van der Waals surface area contributed by atoms with E-state index in [2.05, 4.69) is 26.1 Å². The summed E-state index contributed by atoms with van der Waals surface area (Å²) in [5, 5.41) is 3.14. The molecule has 0 aromatic heterocycles. The third kappa shape index (κ3) is 3.15. The first-order valence-electron chi connectivity index (χ1n) is 7.51. The highest BCUT2D eigenvalue weighted by molar-refractivity contribution is 7.89. The van der Waals surface area contributed by atoms with E-state index in [1.165, 1.54) is 0 Å². The highest BCUT2D eigenvalue weighted by Gasteiger charge is 2.34. The van der Waals surface area contributed by atoms with Gasteiger partial charge < -0.3 is 5.32 Å². The van der Waals surface area contributed by atoms with Gasteiger partial charge >= 0.3 is 0 Å². The molecule has 0 atom stereocenters. The first kappa shape index (κ1) is 16.5. The van der Waals surface area contributed by atoms with Gasteiger partial charge in [0.25, 0.3) is 0 Å². The molecule has 21 heavy (non-hydrogen) atoms. The van der Waals surface area contributed by atoms with Crippen LogP contribution >= 0.6 is 0 Å². The Bertz CT molecular complexity index is 614. The van der Waals surface area contributed by atoms with Crippen molar-refractivity contribution in [2.24, 2.45) is 0 Å². The van der Waals surface area contributed by atoms with E-state index in [0.29, 0.717) is 11.4 Å². The normalized spacial score (nSPS) is 17.0. The first-order chi connectivity index (χ1) is 9.67. The van der Waals surface area contributed by atoms with Crippen LogP contribution in [0.5, 0.6) is 0 Å². The third-order valence-corrected chi connectivity index (χ3v) is 6.29. The van der Waals surface area contributed by atoms with Crippen molar-refractivity contribution >= 4 is 10.0 Å². The van der Waals surface area contributed by atoms with E-state index in [-0.39, 0.29) is 11.5 Å². The molecule has 0 saturated carbocycles. The summed E-state index contributed by atoms with van der Waals surface area (Å²) in [6.45, 7) is 12.1. The summed E-state index contributed by atoms with van der Waals surface area (Å²) < 4.78 is 27.6. The Morgan fingerprint density at radius 2 is 1.90 bits per heavy atom. The number of aryl methyl sites for hydroxylation is 1. The lowest BCUT2D eigenvalue weighted by atomic mass is 9.87. The lowest BCUT2D eigenvalue weighted by Gasteiger charge is -2.37. The van der Waals surface area contributed by atoms with Crippen LogP contribution in [0.15, 0.2) is 23.1 Å². The van der Waals surface area contributed by atoms with Crippen LogP contribution in [0.4, 0.5) is 0 Å². The second kappa shape index (κ2) is 5.71. The number of hydrogen-bond donors (Lipinski definition) is 1. The molecule has 1 heterocycles. The molecule has 0 aliphatic carbocycles. The van der Waals surface area contributed by atoms with Gasteiger partial charge in [-0.05, 0) is 29.5 Å². The molecule has 1 saturated heterocycles. The Morgan fingerprint density at radius 3 is 2.33 bits per heavy atom. The van der Waals surface area contributed by atoms with Crippen molar-refractivity contribution in [2.45, 2.75) is 51.0 Å². The average Bonchev–Trinajstić information content (AvgIpc) is 2.31. The summed E-state index contributed by atoms with van der Waals surface area (Å²) in [7, 11) is -3.43. The standard InChI is InChI=1S/C16H26N2O2S/c1-6-18(14-10-17-11-14)21(19,20)15-9-13(16(3,4)5)8-7-12(15)2/h7-9,14,17H,6,10-11H2,1-5H3. The predicted molar refractivity (Wildman–Crippen MR) is 86.1 cm³/mol. The first-order valence-corrected chi connectivity index (χ1v) is 8.95. The van der Waals surface area contributed by atoms with Gasteiger partial charge in [0.1, 0.15) is 0 Å². The van der Waals surface area contributed by atoms with Crippen LogP contribution in [-0.4, -0.2) is 38.4 Å². The number of nitrogens with zero attached hydrogens (tertiary/aromatic N) is 1. The van der Waals surface area contributed by atoms with Gasteiger partial charge in [-0.2, -0.15) is 4.31 Å². The molecule has 0 bridgehead atoms. The zero-order chi connectivity index (χ0) is 15.8. The molecule has 0 amide bonds. The van der Waals surface area contributed by atoms with Crippen molar-refractivity contribution in [3.63, 3.8) is 0 Å². The molecule has 2 rings (SSSR count). The van der Waals surface area contributed by atoms with Gasteiger partial charge in [-0.15, -0.1) is 0 Å². The molecule has 1 aromatic carbocycles. The van der Waals surface area contributed by atoms with Crippen LogP contribution in [0.2, 0.25) is 0 Å². The largest absolute Gasteiger partial charge is 0.313 e. The van der Waals surface area contributed by atoms with Crippen LogP contribution in [-0.2, 0) is 15.4 Å². The molecule has 4 nitrogen and oxygen atoms in total. The summed E-state index contributed by atoms with van der Waals surface area (Å²) in [5.74, 6) is 0. The topological polar surface area (TPSA) is 49.4 Å². The maximum absolute atomic E-state index is 13.0. The summed E-state index contributed by atoms with van der Waals surface area (Å²) in [5.41, 5.74) is 1.80. The SMILES string of the molecule is CCN(C1CNC1)S(=O)(=O)c1cc(C(C)(C)C)ccc1C. The van der Waals surface area contributed by atoms with Gasteiger partial charge in [-0.25, -0.2) is 8.42 Å². The van der Waals surface area contributed by atoms with Crippen molar-refractivity contribution in [1.29, 1.82) is 0 Å². The molecule has 1 aliphatic rings. The maximum atomic E-state index is 13.0. The fraction of sp³-hybridized carbons (Fsp3) is 0.625. The van der Waals surface area contributed by atoms with Crippen LogP contribution in [0, 0.1) is 6.92 Å². The fourth-order valence-corrected chi connectivity index (χ4v) is 4.46. The van der Waals surface area contributed by atoms with E-state index < -0.39 is 10.0 Å². The predicted octanol–water partition coefficient (Wildman–Crippen LogP) is 2.27. The molecule has 1 N–H and O–H groups in total. The van der Waals surface area contributed by atoms with E-state index in [1.54, 1.807) is 4.31 Å². The molecule has 1 aromatic rings. The van der Waals surface area contributed by atoms with E-state index in [1.807, 2.05) is 32.0 Å². The fourth-order valence-electron chi connectivity index (χ4n) is 2.57. The number of sulfonamides is 1. The molecular weight excluding hydrogens is 284 g/mol. The Balaban J connectivity index is 2.48. The Morgan fingerprint density at radius 1 is 1.29 bits per heavy atom. The second-order valence-corrected chi connectivity index (χ2v) is 8.61. The van der Waals surface area contributed by atoms with Crippen LogP contribution in [0.3, 0.4) is 0 Å². The van der Waals surface area contributed by atoms with Crippen LogP contribution < -0.4 is 5.32 Å². The average molecular weight is 310 g/mol. The second-order valence-electron chi connectivity index (χ2n) is 6.75. The lowest BCUT2D eigenvalue weighted by molar-refractivity contribution is 0.249. The minimum atomic E-state index is -3.43. The van der Waals surface area contributed by atoms with Gasteiger partial charge in [0.2, 0.25) is 10.0 Å². The summed E-state index contributed by atoms with van der Waals surface area (Å²) in [4.78, 5) is 0.448. The van der Waals surface area contributed by atoms with Gasteiger partial charge in [0, 0.05) is 25.7 Å². The third-order valence-electron chi connectivity index (χ3n) is 4.12. The molecule has 1 fully saturated rings. The Hall–Kier alpha value is -0.910. The summed E-state index contributed by atoms with van der Waals surface area (Å²) in [6.07, 6.45) is 0. The van der Waals surface area contributed by atoms with Crippen molar-refractivity contribution in [3.8, 4) is 0 Å². The quantitative estimate of drug-likeness (QED) is 0.928. The maximum Gasteiger partial charge on any atom is 0.243 e. The van der Waals surface area contributed by atoms with Gasteiger partial charge in [0.05, 0.1) is 4.90 Å². The Labute approximate surface area is 128 Å². The zero-order valence-electron chi connectivity index (χ0n) is 13.6. The minimum Gasteiger partial charge on any atom is -0.313 e. The lowest BCUT2D eigenvalue weighted by Crippen LogP contribution is -2.58. The summed E-state index contributed by atoms with van der Waals surface area (Å²) in [6, 6.07) is 5.87. The van der Waals surface area contributed by atoms with Crippen LogP contribution in [0.25, 0.3) is 0 Å². The van der Waals surface area contributed by atoms with E-state index in [9.17, 15) is 8.42 Å². The summed E-state index contributed by atoms with van der Waals surface area (Å²) >= 11 is 0. The van der Waals surface area contributed by atoms with Gasteiger partial charge in [-0.3, -0.25) is 0 Å². The highest BCUT2D eigenvalue weighted by Crippen LogP contribution is 2.29. The minimum absolute atomic E-state index is 0.0625. The number of likely N-dealkylation sites (N-methyl/N-ethyl adjacent to an activating group) is 1. The van der Waals surface area contributed by atoms with Crippen molar-refractivity contribution in [3.05, 3.63) is 29.3 Å².